The summed E-state index contributed by atoms with van der Waals surface area (Å²) in [5.41, 5.74) is 0. The van der Waals surface area contributed by atoms with E-state index in [1.165, 1.54) is 12.3 Å². The molecule has 0 radical (unpaired) electrons. The molecule has 1 aliphatic heterocycles. The summed E-state index contributed by atoms with van der Waals surface area (Å²) in [6, 6.07) is 3.12. The van der Waals surface area contributed by atoms with Crippen molar-refractivity contribution in [3.05, 3.63) is 24.5 Å². The molecule has 2 rings (SSSR count). The van der Waals surface area contributed by atoms with Crippen LogP contribution in [0.4, 0.5) is 0 Å². The van der Waals surface area contributed by atoms with Crippen LogP contribution in [0.2, 0.25) is 0 Å². The van der Waals surface area contributed by atoms with Crippen LogP contribution >= 0.6 is 0 Å². The molecule has 0 aromatic carbocycles. The molecule has 0 bridgehead atoms. The molecule has 2 heterocycles. The highest BCUT2D eigenvalue weighted by atomic mass is 32.2. The van der Waals surface area contributed by atoms with Crippen LogP contribution in [0.5, 0.6) is 0 Å². The zero-order valence-electron chi connectivity index (χ0n) is 8.80. The molecule has 1 fully saturated rings. The Bertz CT molecular complexity index is 427. The fourth-order valence-corrected chi connectivity index (χ4v) is 2.88. The van der Waals surface area contributed by atoms with Crippen LogP contribution in [0.25, 0.3) is 0 Å². The molecule has 1 aromatic rings. The third kappa shape index (κ3) is 2.78. The van der Waals surface area contributed by atoms with E-state index in [1.807, 2.05) is 0 Å². The normalized spacial score (nSPS) is 18.5. The number of sulfonamides is 1. The summed E-state index contributed by atoms with van der Waals surface area (Å²) in [5.74, 6) is 0. The molecule has 0 atom stereocenters. The lowest BCUT2D eigenvalue weighted by Gasteiger charge is -2.22. The maximum absolute atomic E-state index is 11.9. The SMILES string of the molecule is O=S(=O)(NC1CCOCC1)c1cccnc1. The van der Waals surface area contributed by atoms with Gasteiger partial charge in [0.05, 0.1) is 0 Å². The zero-order valence-corrected chi connectivity index (χ0v) is 9.61. The number of ether oxygens (including phenoxy) is 1. The van der Waals surface area contributed by atoms with Crippen molar-refractivity contribution >= 4 is 10.0 Å². The van der Waals surface area contributed by atoms with E-state index in [-0.39, 0.29) is 10.9 Å². The van der Waals surface area contributed by atoms with E-state index < -0.39 is 10.0 Å². The van der Waals surface area contributed by atoms with Crippen molar-refractivity contribution in [1.29, 1.82) is 0 Å². The van der Waals surface area contributed by atoms with Gasteiger partial charge in [-0.05, 0) is 25.0 Å². The summed E-state index contributed by atoms with van der Waals surface area (Å²) in [6.45, 7) is 1.22. The van der Waals surface area contributed by atoms with Gasteiger partial charge in [0, 0.05) is 31.6 Å². The number of aromatic nitrogens is 1. The minimum Gasteiger partial charge on any atom is -0.381 e. The first kappa shape index (κ1) is 11.5. The molecule has 0 saturated carbocycles. The van der Waals surface area contributed by atoms with Gasteiger partial charge in [0.2, 0.25) is 10.0 Å². The lowest BCUT2D eigenvalue weighted by atomic mass is 10.1. The highest BCUT2D eigenvalue weighted by molar-refractivity contribution is 7.89. The third-order valence-electron chi connectivity index (χ3n) is 2.49. The van der Waals surface area contributed by atoms with Gasteiger partial charge in [0.15, 0.2) is 0 Å². The maximum Gasteiger partial charge on any atom is 0.242 e. The fourth-order valence-electron chi connectivity index (χ4n) is 1.61. The first-order valence-corrected chi connectivity index (χ1v) is 6.67. The average molecular weight is 242 g/mol. The Balaban J connectivity index is 2.08. The van der Waals surface area contributed by atoms with Gasteiger partial charge in [0.25, 0.3) is 0 Å². The molecule has 6 heteroatoms. The smallest absolute Gasteiger partial charge is 0.242 e. The Morgan fingerprint density at radius 2 is 2.12 bits per heavy atom. The van der Waals surface area contributed by atoms with Gasteiger partial charge in [-0.15, -0.1) is 0 Å². The van der Waals surface area contributed by atoms with E-state index in [4.69, 9.17) is 4.74 Å². The molecule has 0 amide bonds. The van der Waals surface area contributed by atoms with Gasteiger partial charge >= 0.3 is 0 Å². The summed E-state index contributed by atoms with van der Waals surface area (Å²) in [4.78, 5) is 4.01. The van der Waals surface area contributed by atoms with Crippen molar-refractivity contribution in [1.82, 2.24) is 9.71 Å². The second-order valence-electron chi connectivity index (χ2n) is 3.70. The van der Waals surface area contributed by atoms with Crippen LogP contribution in [0.15, 0.2) is 29.4 Å². The second kappa shape index (κ2) is 4.90. The summed E-state index contributed by atoms with van der Waals surface area (Å²) in [6.07, 6.45) is 4.34. The van der Waals surface area contributed by atoms with Crippen LogP contribution in [0, 0.1) is 0 Å². The van der Waals surface area contributed by atoms with Gasteiger partial charge in [-0.25, -0.2) is 13.1 Å². The van der Waals surface area contributed by atoms with E-state index >= 15 is 0 Å². The van der Waals surface area contributed by atoms with Crippen LogP contribution in [0.1, 0.15) is 12.8 Å². The van der Waals surface area contributed by atoms with E-state index in [1.54, 1.807) is 12.3 Å². The highest BCUT2D eigenvalue weighted by Crippen LogP contribution is 2.12. The molecule has 0 aliphatic carbocycles. The van der Waals surface area contributed by atoms with Crippen molar-refractivity contribution in [2.24, 2.45) is 0 Å². The first-order chi connectivity index (χ1) is 7.68. The highest BCUT2D eigenvalue weighted by Gasteiger charge is 2.21. The number of nitrogens with zero attached hydrogens (tertiary/aromatic N) is 1. The summed E-state index contributed by atoms with van der Waals surface area (Å²) in [7, 11) is -3.43. The second-order valence-corrected chi connectivity index (χ2v) is 5.41. The monoisotopic (exact) mass is 242 g/mol. The Labute approximate surface area is 94.9 Å². The fraction of sp³-hybridized carbons (Fsp3) is 0.500. The van der Waals surface area contributed by atoms with E-state index in [0.29, 0.717) is 13.2 Å². The third-order valence-corrected chi connectivity index (χ3v) is 3.99. The number of pyridine rings is 1. The van der Waals surface area contributed by atoms with Crippen molar-refractivity contribution in [2.75, 3.05) is 13.2 Å². The lowest BCUT2D eigenvalue weighted by molar-refractivity contribution is 0.0832. The van der Waals surface area contributed by atoms with Crippen LogP contribution < -0.4 is 4.72 Å². The largest absolute Gasteiger partial charge is 0.381 e. The minimum atomic E-state index is -3.43. The van der Waals surface area contributed by atoms with Gasteiger partial charge < -0.3 is 4.74 Å². The summed E-state index contributed by atoms with van der Waals surface area (Å²) in [5, 5.41) is 0. The molecule has 5 nitrogen and oxygen atoms in total. The van der Waals surface area contributed by atoms with Crippen LogP contribution in [-0.4, -0.2) is 32.7 Å². The summed E-state index contributed by atoms with van der Waals surface area (Å²) >= 11 is 0. The topological polar surface area (TPSA) is 68.3 Å². The number of hydrogen-bond donors (Lipinski definition) is 1. The number of hydrogen-bond acceptors (Lipinski definition) is 4. The predicted molar refractivity (Wildman–Crippen MR) is 58.4 cm³/mol. The Kier molecular flexibility index (Phi) is 3.52. The first-order valence-electron chi connectivity index (χ1n) is 5.18. The molecule has 1 N–H and O–H groups in total. The van der Waals surface area contributed by atoms with Gasteiger partial charge in [0.1, 0.15) is 4.90 Å². The molecule has 16 heavy (non-hydrogen) atoms. The van der Waals surface area contributed by atoms with Crippen molar-refractivity contribution in [3.63, 3.8) is 0 Å². The average Bonchev–Trinajstić information content (AvgIpc) is 2.31. The molecule has 88 valence electrons. The Morgan fingerprint density at radius 3 is 2.75 bits per heavy atom. The van der Waals surface area contributed by atoms with E-state index in [2.05, 4.69) is 9.71 Å². The summed E-state index contributed by atoms with van der Waals surface area (Å²) < 4.78 is 31.7. The predicted octanol–water partition coefficient (Wildman–Crippen LogP) is 0.539. The van der Waals surface area contributed by atoms with Gasteiger partial charge in [-0.3, -0.25) is 4.98 Å². The lowest BCUT2D eigenvalue weighted by Crippen LogP contribution is -2.38. The van der Waals surface area contributed by atoms with Crippen molar-refractivity contribution in [2.45, 2.75) is 23.8 Å². The Hall–Kier alpha value is -0.980. The molecule has 0 spiro atoms. The molecule has 0 unspecified atom stereocenters. The van der Waals surface area contributed by atoms with Gasteiger partial charge in [-0.2, -0.15) is 0 Å². The zero-order chi connectivity index (χ0) is 11.4. The maximum atomic E-state index is 11.9. The molecule has 1 saturated heterocycles. The quantitative estimate of drug-likeness (QED) is 0.840. The van der Waals surface area contributed by atoms with E-state index in [0.717, 1.165) is 12.8 Å². The van der Waals surface area contributed by atoms with Crippen molar-refractivity contribution < 1.29 is 13.2 Å². The van der Waals surface area contributed by atoms with Crippen LogP contribution in [0.3, 0.4) is 0 Å². The van der Waals surface area contributed by atoms with E-state index in [9.17, 15) is 8.42 Å². The number of rotatable bonds is 3. The van der Waals surface area contributed by atoms with Crippen LogP contribution in [-0.2, 0) is 14.8 Å². The minimum absolute atomic E-state index is 0.0287. The molecular formula is C10H14N2O3S. The Morgan fingerprint density at radius 1 is 1.38 bits per heavy atom. The molecule has 1 aromatic heterocycles. The standard InChI is InChI=1S/C10H14N2O3S/c13-16(14,10-2-1-5-11-8-10)12-9-3-6-15-7-4-9/h1-2,5,8-9,12H,3-4,6-7H2. The number of nitrogens with one attached hydrogen (secondary N) is 1. The van der Waals surface area contributed by atoms with Crippen molar-refractivity contribution in [3.8, 4) is 0 Å². The molecule has 1 aliphatic rings. The van der Waals surface area contributed by atoms with Gasteiger partial charge in [-0.1, -0.05) is 0 Å². The molecular weight excluding hydrogens is 228 g/mol.